The standard InChI is InChI=1S/C24H31FN2O2/c1-5-18(4)26-24(29)22(6-2)27(16-20-9-7-8-17(3)14-20)23(28)15-19-10-12-21(25)13-11-19/h7-14,18,22H,5-6,15-16H2,1-4H3,(H,26,29)/t18-,22+/m1/s1. The summed E-state index contributed by atoms with van der Waals surface area (Å²) in [6.07, 6.45) is 1.46. The first-order valence-corrected chi connectivity index (χ1v) is 10.2. The Morgan fingerprint density at radius 1 is 1.03 bits per heavy atom. The van der Waals surface area contributed by atoms with Crippen molar-refractivity contribution in [3.05, 3.63) is 71.0 Å². The molecule has 156 valence electrons. The first kappa shape index (κ1) is 22.6. The molecule has 2 aromatic carbocycles. The maximum atomic E-state index is 13.2. The van der Waals surface area contributed by atoms with Crippen LogP contribution in [0.5, 0.6) is 0 Å². The van der Waals surface area contributed by atoms with Gasteiger partial charge in [0.15, 0.2) is 0 Å². The number of amides is 2. The Balaban J connectivity index is 2.28. The minimum atomic E-state index is -0.558. The Morgan fingerprint density at radius 3 is 2.31 bits per heavy atom. The van der Waals surface area contributed by atoms with Crippen LogP contribution >= 0.6 is 0 Å². The Morgan fingerprint density at radius 2 is 1.72 bits per heavy atom. The van der Waals surface area contributed by atoms with Gasteiger partial charge in [-0.15, -0.1) is 0 Å². The molecule has 0 radical (unpaired) electrons. The van der Waals surface area contributed by atoms with E-state index < -0.39 is 6.04 Å². The van der Waals surface area contributed by atoms with E-state index in [2.05, 4.69) is 5.32 Å². The Bertz CT molecular complexity index is 820. The van der Waals surface area contributed by atoms with Crippen molar-refractivity contribution in [3.63, 3.8) is 0 Å². The molecule has 1 N–H and O–H groups in total. The molecular weight excluding hydrogens is 367 g/mol. The topological polar surface area (TPSA) is 49.4 Å². The van der Waals surface area contributed by atoms with Gasteiger partial charge in [-0.1, -0.05) is 55.8 Å². The van der Waals surface area contributed by atoms with Gasteiger partial charge in [0.2, 0.25) is 11.8 Å². The van der Waals surface area contributed by atoms with E-state index in [1.54, 1.807) is 17.0 Å². The number of nitrogens with zero attached hydrogens (tertiary/aromatic N) is 1. The number of hydrogen-bond acceptors (Lipinski definition) is 2. The van der Waals surface area contributed by atoms with Crippen molar-refractivity contribution >= 4 is 11.8 Å². The van der Waals surface area contributed by atoms with Crippen LogP contribution < -0.4 is 5.32 Å². The quantitative estimate of drug-likeness (QED) is 0.681. The summed E-state index contributed by atoms with van der Waals surface area (Å²) in [4.78, 5) is 27.7. The summed E-state index contributed by atoms with van der Waals surface area (Å²) in [7, 11) is 0. The van der Waals surface area contributed by atoms with Gasteiger partial charge in [0, 0.05) is 12.6 Å². The molecule has 0 heterocycles. The molecule has 0 spiro atoms. The van der Waals surface area contributed by atoms with E-state index in [0.717, 1.165) is 23.1 Å². The summed E-state index contributed by atoms with van der Waals surface area (Å²) < 4.78 is 13.2. The molecule has 0 aliphatic rings. The van der Waals surface area contributed by atoms with Gasteiger partial charge >= 0.3 is 0 Å². The monoisotopic (exact) mass is 398 g/mol. The van der Waals surface area contributed by atoms with E-state index in [1.807, 2.05) is 52.0 Å². The number of carbonyl (C=O) groups excluding carboxylic acids is 2. The second-order valence-electron chi connectivity index (χ2n) is 7.56. The summed E-state index contributed by atoms with van der Waals surface area (Å²) in [5.41, 5.74) is 2.81. The SMILES string of the molecule is CC[C@@H](C)NC(=O)[C@H](CC)N(Cc1cccc(C)c1)C(=O)Cc1ccc(F)cc1. The third kappa shape index (κ3) is 6.70. The molecule has 0 saturated heterocycles. The van der Waals surface area contributed by atoms with Crippen LogP contribution in [0.4, 0.5) is 4.39 Å². The summed E-state index contributed by atoms with van der Waals surface area (Å²) in [6, 6.07) is 13.3. The highest BCUT2D eigenvalue weighted by atomic mass is 19.1. The minimum Gasteiger partial charge on any atom is -0.352 e. The fraction of sp³-hybridized carbons (Fsp3) is 0.417. The molecule has 4 nitrogen and oxygen atoms in total. The normalized spacial score (nSPS) is 12.9. The van der Waals surface area contributed by atoms with Crippen LogP contribution in [-0.4, -0.2) is 28.8 Å². The van der Waals surface area contributed by atoms with E-state index in [1.165, 1.54) is 12.1 Å². The van der Waals surface area contributed by atoms with Crippen molar-refractivity contribution in [2.24, 2.45) is 0 Å². The van der Waals surface area contributed by atoms with Gasteiger partial charge in [-0.3, -0.25) is 9.59 Å². The third-order valence-corrected chi connectivity index (χ3v) is 5.09. The average Bonchev–Trinajstić information content (AvgIpc) is 2.69. The second kappa shape index (κ2) is 10.7. The van der Waals surface area contributed by atoms with E-state index in [0.29, 0.717) is 13.0 Å². The van der Waals surface area contributed by atoms with Crippen molar-refractivity contribution in [1.82, 2.24) is 10.2 Å². The minimum absolute atomic E-state index is 0.0459. The van der Waals surface area contributed by atoms with Crippen molar-refractivity contribution in [3.8, 4) is 0 Å². The molecule has 0 saturated carbocycles. The first-order chi connectivity index (χ1) is 13.8. The van der Waals surface area contributed by atoms with Crippen LogP contribution in [0.15, 0.2) is 48.5 Å². The number of carbonyl (C=O) groups is 2. The summed E-state index contributed by atoms with van der Waals surface area (Å²) in [6.45, 7) is 8.23. The molecule has 0 aliphatic carbocycles. The number of hydrogen-bond donors (Lipinski definition) is 1. The molecule has 5 heteroatoms. The van der Waals surface area contributed by atoms with Gasteiger partial charge in [-0.05, 0) is 49.9 Å². The molecular formula is C24H31FN2O2. The largest absolute Gasteiger partial charge is 0.352 e. The van der Waals surface area contributed by atoms with Crippen LogP contribution in [0.1, 0.15) is 50.3 Å². The number of halogens is 1. The smallest absolute Gasteiger partial charge is 0.243 e. The number of aryl methyl sites for hydroxylation is 1. The first-order valence-electron chi connectivity index (χ1n) is 10.2. The van der Waals surface area contributed by atoms with Gasteiger partial charge < -0.3 is 10.2 Å². The van der Waals surface area contributed by atoms with Gasteiger partial charge in [0.1, 0.15) is 11.9 Å². The highest BCUT2D eigenvalue weighted by Crippen LogP contribution is 2.16. The van der Waals surface area contributed by atoms with E-state index >= 15 is 0 Å². The highest BCUT2D eigenvalue weighted by Gasteiger charge is 2.29. The average molecular weight is 399 g/mol. The van der Waals surface area contributed by atoms with Gasteiger partial charge in [-0.25, -0.2) is 4.39 Å². The zero-order chi connectivity index (χ0) is 21.4. The van der Waals surface area contributed by atoms with Crippen LogP contribution in [-0.2, 0) is 22.6 Å². The van der Waals surface area contributed by atoms with Gasteiger partial charge in [-0.2, -0.15) is 0 Å². The Kier molecular flexibility index (Phi) is 8.37. The number of nitrogens with one attached hydrogen (secondary N) is 1. The van der Waals surface area contributed by atoms with Crippen LogP contribution in [0.3, 0.4) is 0 Å². The predicted octanol–water partition coefficient (Wildman–Crippen LogP) is 4.40. The predicted molar refractivity (Wildman–Crippen MR) is 114 cm³/mol. The lowest BCUT2D eigenvalue weighted by molar-refractivity contribution is -0.141. The third-order valence-electron chi connectivity index (χ3n) is 5.09. The second-order valence-corrected chi connectivity index (χ2v) is 7.56. The molecule has 2 atom stereocenters. The Labute approximate surface area is 173 Å². The van der Waals surface area contributed by atoms with E-state index in [9.17, 15) is 14.0 Å². The van der Waals surface area contributed by atoms with Crippen LogP contribution in [0.25, 0.3) is 0 Å². The zero-order valence-corrected chi connectivity index (χ0v) is 17.7. The number of benzene rings is 2. The lowest BCUT2D eigenvalue weighted by atomic mass is 10.1. The summed E-state index contributed by atoms with van der Waals surface area (Å²) >= 11 is 0. The molecule has 2 aromatic rings. The van der Waals surface area contributed by atoms with Crippen molar-refractivity contribution < 1.29 is 14.0 Å². The molecule has 0 bridgehead atoms. The lowest BCUT2D eigenvalue weighted by Crippen LogP contribution is -2.51. The maximum absolute atomic E-state index is 13.2. The maximum Gasteiger partial charge on any atom is 0.243 e. The lowest BCUT2D eigenvalue weighted by Gasteiger charge is -2.31. The molecule has 0 aliphatic heterocycles. The van der Waals surface area contributed by atoms with Crippen molar-refractivity contribution in [2.75, 3.05) is 0 Å². The number of rotatable bonds is 9. The van der Waals surface area contributed by atoms with Gasteiger partial charge in [0.05, 0.1) is 6.42 Å². The van der Waals surface area contributed by atoms with E-state index in [-0.39, 0.29) is 30.1 Å². The molecule has 2 rings (SSSR count). The highest BCUT2D eigenvalue weighted by molar-refractivity contribution is 5.88. The van der Waals surface area contributed by atoms with Crippen LogP contribution in [0, 0.1) is 12.7 Å². The fourth-order valence-corrected chi connectivity index (χ4v) is 3.25. The zero-order valence-electron chi connectivity index (χ0n) is 17.7. The molecule has 0 aromatic heterocycles. The molecule has 2 amide bonds. The van der Waals surface area contributed by atoms with E-state index in [4.69, 9.17) is 0 Å². The molecule has 0 fully saturated rings. The summed E-state index contributed by atoms with van der Waals surface area (Å²) in [5, 5.41) is 3.00. The molecule has 0 unspecified atom stereocenters. The van der Waals surface area contributed by atoms with Crippen molar-refractivity contribution in [2.45, 2.75) is 65.6 Å². The van der Waals surface area contributed by atoms with Crippen molar-refractivity contribution in [1.29, 1.82) is 0 Å². The fourth-order valence-electron chi connectivity index (χ4n) is 3.25. The summed E-state index contributed by atoms with van der Waals surface area (Å²) in [5.74, 6) is -0.622. The van der Waals surface area contributed by atoms with Crippen LogP contribution in [0.2, 0.25) is 0 Å². The molecule has 29 heavy (non-hydrogen) atoms. The van der Waals surface area contributed by atoms with Gasteiger partial charge in [0.25, 0.3) is 0 Å². The Hall–Kier alpha value is -2.69.